The van der Waals surface area contributed by atoms with Gasteiger partial charge in [0.2, 0.25) is 0 Å². The zero-order chi connectivity index (χ0) is 12.1. The van der Waals surface area contributed by atoms with Crippen LogP contribution in [0.2, 0.25) is 0 Å². The van der Waals surface area contributed by atoms with Crippen molar-refractivity contribution in [2.24, 2.45) is 0 Å². The van der Waals surface area contributed by atoms with E-state index < -0.39 is 5.82 Å². The van der Waals surface area contributed by atoms with E-state index >= 15 is 0 Å². The molecule has 2 aromatic rings. The fraction of sp³-hybridized carbons (Fsp3) is 0.143. The zero-order valence-corrected chi connectivity index (χ0v) is 9.40. The molecule has 0 radical (unpaired) electrons. The molecule has 88 valence electrons. The molecule has 0 aliphatic rings. The van der Waals surface area contributed by atoms with E-state index in [1.54, 1.807) is 12.1 Å². The maximum Gasteiger partial charge on any atom is 0.149 e. The molecular weight excluding hydrogens is 217 g/mol. The van der Waals surface area contributed by atoms with E-state index in [1.807, 2.05) is 30.3 Å². The van der Waals surface area contributed by atoms with Gasteiger partial charge in [0.25, 0.3) is 0 Å². The summed E-state index contributed by atoms with van der Waals surface area (Å²) >= 11 is 0. The Morgan fingerprint density at radius 3 is 2.53 bits per heavy atom. The van der Waals surface area contributed by atoms with Gasteiger partial charge in [0, 0.05) is 6.42 Å². The molecule has 0 saturated carbocycles. The van der Waals surface area contributed by atoms with Crippen LogP contribution in [-0.2, 0) is 6.42 Å². The average Bonchev–Trinajstić information content (AvgIpc) is 2.36. The quantitative estimate of drug-likeness (QED) is 0.821. The first kappa shape index (κ1) is 11.5. The smallest absolute Gasteiger partial charge is 0.149 e. The molecule has 2 nitrogen and oxygen atoms in total. The van der Waals surface area contributed by atoms with E-state index in [-0.39, 0.29) is 5.69 Å². The third-order valence-corrected chi connectivity index (χ3v) is 2.50. The topological polar surface area (TPSA) is 35.2 Å². The van der Waals surface area contributed by atoms with Gasteiger partial charge in [0.1, 0.15) is 17.3 Å². The summed E-state index contributed by atoms with van der Waals surface area (Å²) in [5.74, 6) is -0.0388. The summed E-state index contributed by atoms with van der Waals surface area (Å²) in [6, 6.07) is 14.6. The van der Waals surface area contributed by atoms with Crippen molar-refractivity contribution in [2.75, 3.05) is 12.3 Å². The molecule has 0 aliphatic carbocycles. The number of rotatable bonds is 4. The standard InChI is InChI=1S/C14H14FNO/c15-12-7-4-8-13(14(12)16)17-10-9-11-5-2-1-3-6-11/h1-8H,9-10,16H2. The minimum Gasteiger partial charge on any atom is -0.491 e. The Balaban J connectivity index is 1.93. The number of nitrogen functional groups attached to an aromatic ring is 1. The van der Waals surface area contributed by atoms with Gasteiger partial charge in [-0.1, -0.05) is 36.4 Å². The van der Waals surface area contributed by atoms with E-state index in [1.165, 1.54) is 11.6 Å². The Hall–Kier alpha value is -2.03. The number of halogens is 1. The average molecular weight is 231 g/mol. The number of hydrogen-bond donors (Lipinski definition) is 1. The van der Waals surface area contributed by atoms with Gasteiger partial charge >= 0.3 is 0 Å². The van der Waals surface area contributed by atoms with Crippen LogP contribution in [0.5, 0.6) is 5.75 Å². The number of anilines is 1. The number of benzene rings is 2. The molecule has 0 saturated heterocycles. The van der Waals surface area contributed by atoms with Crippen molar-refractivity contribution >= 4 is 5.69 Å². The van der Waals surface area contributed by atoms with Gasteiger partial charge in [-0.15, -0.1) is 0 Å². The predicted octanol–water partition coefficient (Wildman–Crippen LogP) is 3.03. The second kappa shape index (κ2) is 5.34. The number of hydrogen-bond acceptors (Lipinski definition) is 2. The highest BCUT2D eigenvalue weighted by molar-refractivity contribution is 5.53. The van der Waals surface area contributed by atoms with Crippen molar-refractivity contribution in [1.82, 2.24) is 0 Å². The van der Waals surface area contributed by atoms with Crippen LogP contribution in [0, 0.1) is 5.82 Å². The van der Waals surface area contributed by atoms with Gasteiger partial charge in [0.05, 0.1) is 6.61 Å². The van der Waals surface area contributed by atoms with Gasteiger partial charge in [-0.2, -0.15) is 0 Å². The Bertz CT molecular complexity index is 485. The lowest BCUT2D eigenvalue weighted by molar-refractivity contribution is 0.322. The van der Waals surface area contributed by atoms with E-state index in [2.05, 4.69) is 0 Å². The maximum atomic E-state index is 13.1. The molecule has 0 aliphatic heterocycles. The Labute approximate surface area is 99.8 Å². The molecule has 0 unspecified atom stereocenters. The van der Waals surface area contributed by atoms with Crippen molar-refractivity contribution in [2.45, 2.75) is 6.42 Å². The van der Waals surface area contributed by atoms with Gasteiger partial charge in [-0.3, -0.25) is 0 Å². The monoisotopic (exact) mass is 231 g/mol. The minimum absolute atomic E-state index is 0.0700. The first-order valence-corrected chi connectivity index (χ1v) is 5.48. The maximum absolute atomic E-state index is 13.1. The van der Waals surface area contributed by atoms with E-state index in [9.17, 15) is 4.39 Å². The Morgan fingerprint density at radius 2 is 1.76 bits per heavy atom. The van der Waals surface area contributed by atoms with Crippen molar-refractivity contribution in [1.29, 1.82) is 0 Å². The summed E-state index contributed by atoms with van der Waals surface area (Å²) in [4.78, 5) is 0. The van der Waals surface area contributed by atoms with Gasteiger partial charge in [-0.05, 0) is 17.7 Å². The van der Waals surface area contributed by atoms with Crippen LogP contribution in [-0.4, -0.2) is 6.61 Å². The van der Waals surface area contributed by atoms with Crippen molar-refractivity contribution in [3.8, 4) is 5.75 Å². The Morgan fingerprint density at radius 1 is 1.00 bits per heavy atom. The molecule has 0 aromatic heterocycles. The van der Waals surface area contributed by atoms with Gasteiger partial charge < -0.3 is 10.5 Å². The molecule has 3 heteroatoms. The van der Waals surface area contributed by atoms with Crippen LogP contribution in [0.4, 0.5) is 10.1 Å². The lowest BCUT2D eigenvalue weighted by Crippen LogP contribution is -2.04. The summed E-state index contributed by atoms with van der Waals surface area (Å²) in [6.45, 7) is 0.484. The number of nitrogens with two attached hydrogens (primary N) is 1. The van der Waals surface area contributed by atoms with E-state index in [4.69, 9.17) is 10.5 Å². The summed E-state index contributed by atoms with van der Waals surface area (Å²) < 4.78 is 18.6. The normalized spacial score (nSPS) is 10.2. The highest BCUT2D eigenvalue weighted by atomic mass is 19.1. The minimum atomic E-state index is -0.442. The van der Waals surface area contributed by atoms with E-state index in [0.717, 1.165) is 6.42 Å². The lowest BCUT2D eigenvalue weighted by atomic mass is 10.2. The molecule has 0 bridgehead atoms. The first-order valence-electron chi connectivity index (χ1n) is 5.48. The molecule has 2 N–H and O–H groups in total. The molecule has 2 aromatic carbocycles. The highest BCUT2D eigenvalue weighted by Gasteiger charge is 2.04. The van der Waals surface area contributed by atoms with Crippen LogP contribution in [0.1, 0.15) is 5.56 Å². The largest absolute Gasteiger partial charge is 0.491 e. The molecule has 0 fully saturated rings. The van der Waals surface area contributed by atoms with Gasteiger partial charge in [0.15, 0.2) is 0 Å². The second-order valence-electron chi connectivity index (χ2n) is 3.74. The third kappa shape index (κ3) is 2.97. The molecule has 0 atom stereocenters. The van der Waals surface area contributed by atoms with Crippen LogP contribution >= 0.6 is 0 Å². The molecule has 2 rings (SSSR count). The summed E-state index contributed by atoms with van der Waals surface area (Å²) in [6.07, 6.45) is 0.775. The summed E-state index contributed by atoms with van der Waals surface area (Å²) in [7, 11) is 0. The number of para-hydroxylation sites is 1. The summed E-state index contributed by atoms with van der Waals surface area (Å²) in [5, 5.41) is 0. The lowest BCUT2D eigenvalue weighted by Gasteiger charge is -2.09. The fourth-order valence-electron chi connectivity index (χ4n) is 1.57. The van der Waals surface area contributed by atoms with Crippen LogP contribution in [0.15, 0.2) is 48.5 Å². The van der Waals surface area contributed by atoms with Crippen LogP contribution in [0.3, 0.4) is 0 Å². The third-order valence-electron chi connectivity index (χ3n) is 2.50. The summed E-state index contributed by atoms with van der Waals surface area (Å²) in [5.41, 5.74) is 6.81. The van der Waals surface area contributed by atoms with Crippen molar-refractivity contribution < 1.29 is 9.13 Å². The zero-order valence-electron chi connectivity index (χ0n) is 9.40. The highest BCUT2D eigenvalue weighted by Crippen LogP contribution is 2.23. The second-order valence-corrected chi connectivity index (χ2v) is 3.74. The molecule has 0 spiro atoms. The fourth-order valence-corrected chi connectivity index (χ4v) is 1.57. The Kier molecular flexibility index (Phi) is 3.60. The van der Waals surface area contributed by atoms with Crippen LogP contribution in [0.25, 0.3) is 0 Å². The number of ether oxygens (including phenoxy) is 1. The van der Waals surface area contributed by atoms with Crippen molar-refractivity contribution in [3.63, 3.8) is 0 Å². The van der Waals surface area contributed by atoms with E-state index in [0.29, 0.717) is 12.4 Å². The molecular formula is C14H14FNO. The molecule has 17 heavy (non-hydrogen) atoms. The van der Waals surface area contributed by atoms with Gasteiger partial charge in [-0.25, -0.2) is 4.39 Å². The SMILES string of the molecule is Nc1c(F)cccc1OCCc1ccccc1. The van der Waals surface area contributed by atoms with Crippen LogP contribution < -0.4 is 10.5 Å². The predicted molar refractivity (Wildman–Crippen MR) is 66.5 cm³/mol. The molecule has 0 heterocycles. The van der Waals surface area contributed by atoms with Crippen molar-refractivity contribution in [3.05, 3.63) is 59.9 Å². The molecule has 0 amide bonds. The first-order chi connectivity index (χ1) is 8.27.